The van der Waals surface area contributed by atoms with Crippen LogP contribution in [0.15, 0.2) is 12.1 Å². The van der Waals surface area contributed by atoms with E-state index in [0.29, 0.717) is 11.5 Å². The molecular formula is C16H24O2P. The van der Waals surface area contributed by atoms with Crippen molar-refractivity contribution in [3.05, 3.63) is 34.4 Å². The molecular weight excluding hydrogens is 255 g/mol. The van der Waals surface area contributed by atoms with Crippen molar-refractivity contribution < 1.29 is 9.36 Å². The van der Waals surface area contributed by atoms with E-state index >= 15 is 0 Å². The van der Waals surface area contributed by atoms with Gasteiger partial charge < -0.3 is 0 Å². The summed E-state index contributed by atoms with van der Waals surface area (Å²) in [6, 6.07) is 3.97. The third-order valence-corrected chi connectivity index (χ3v) is 4.94. The third kappa shape index (κ3) is 3.98. The first-order valence-electron chi connectivity index (χ1n) is 6.82. The van der Waals surface area contributed by atoms with Gasteiger partial charge >= 0.3 is 0 Å². The zero-order valence-corrected chi connectivity index (χ0v) is 13.7. The topological polar surface area (TPSA) is 34.1 Å². The SMILES string of the molecule is Cc1cc(C)c(C(=O)[P](=O)C(C)CC(C)C)c(C)c1. The molecule has 0 N–H and O–H groups in total. The van der Waals surface area contributed by atoms with Crippen molar-refractivity contribution in [2.45, 2.75) is 53.6 Å². The molecule has 1 aromatic rings. The number of aryl methyl sites for hydroxylation is 3. The van der Waals surface area contributed by atoms with Crippen molar-refractivity contribution >= 4 is 13.3 Å². The lowest BCUT2D eigenvalue weighted by Crippen LogP contribution is -2.09. The van der Waals surface area contributed by atoms with Crippen molar-refractivity contribution in [2.75, 3.05) is 0 Å². The lowest BCUT2D eigenvalue weighted by atomic mass is 10.0. The minimum atomic E-state index is -1.84. The summed E-state index contributed by atoms with van der Waals surface area (Å²) in [5.74, 6) is 0.460. The van der Waals surface area contributed by atoms with Crippen LogP contribution in [0, 0.1) is 26.7 Å². The predicted molar refractivity (Wildman–Crippen MR) is 81.5 cm³/mol. The second kappa shape index (κ2) is 6.43. The second-order valence-electron chi connectivity index (χ2n) is 5.88. The summed E-state index contributed by atoms with van der Waals surface area (Å²) in [6.07, 6.45) is 0.824. The molecule has 1 rings (SSSR count). The van der Waals surface area contributed by atoms with Gasteiger partial charge in [-0.2, -0.15) is 0 Å². The molecule has 3 heteroatoms. The Bertz CT molecular complexity index is 480. The highest BCUT2D eigenvalue weighted by atomic mass is 31.1. The van der Waals surface area contributed by atoms with Crippen LogP contribution >= 0.6 is 7.80 Å². The first kappa shape index (κ1) is 16.0. The Balaban J connectivity index is 3.04. The molecule has 1 radical (unpaired) electrons. The van der Waals surface area contributed by atoms with E-state index in [4.69, 9.17) is 0 Å². The van der Waals surface area contributed by atoms with E-state index in [1.54, 1.807) is 0 Å². The van der Waals surface area contributed by atoms with Crippen LogP contribution in [0.3, 0.4) is 0 Å². The molecule has 0 bridgehead atoms. The van der Waals surface area contributed by atoms with E-state index in [1.807, 2.05) is 39.8 Å². The fraction of sp³-hybridized carbons (Fsp3) is 0.562. The number of hydrogen-bond donors (Lipinski definition) is 0. The Hall–Kier alpha value is -1.01. The van der Waals surface area contributed by atoms with Crippen molar-refractivity contribution in [1.82, 2.24) is 0 Å². The van der Waals surface area contributed by atoms with Crippen LogP contribution in [-0.4, -0.2) is 11.2 Å². The van der Waals surface area contributed by atoms with Gasteiger partial charge in [-0.3, -0.25) is 9.36 Å². The molecule has 0 aliphatic carbocycles. The van der Waals surface area contributed by atoms with Gasteiger partial charge in [0.05, 0.1) is 0 Å². The Labute approximate surface area is 117 Å². The zero-order chi connectivity index (χ0) is 14.7. The minimum Gasteiger partial charge on any atom is -0.281 e. The Morgan fingerprint density at radius 2 is 1.58 bits per heavy atom. The van der Waals surface area contributed by atoms with Gasteiger partial charge in [0.1, 0.15) is 7.80 Å². The monoisotopic (exact) mass is 279 g/mol. The number of rotatable bonds is 5. The molecule has 0 amide bonds. The lowest BCUT2D eigenvalue weighted by molar-refractivity contribution is 0.107. The molecule has 105 valence electrons. The van der Waals surface area contributed by atoms with Gasteiger partial charge in [-0.1, -0.05) is 38.5 Å². The van der Waals surface area contributed by atoms with Crippen molar-refractivity contribution in [3.63, 3.8) is 0 Å². The number of carbonyl (C=O) groups is 1. The van der Waals surface area contributed by atoms with E-state index in [-0.39, 0.29) is 11.2 Å². The molecule has 0 aliphatic rings. The summed E-state index contributed by atoms with van der Waals surface area (Å²) in [5, 5.41) is 0. The van der Waals surface area contributed by atoms with Crippen molar-refractivity contribution in [3.8, 4) is 0 Å². The van der Waals surface area contributed by atoms with Crippen LogP contribution in [-0.2, 0) is 4.57 Å². The standard InChI is InChI=1S/C16H24O2P/c1-10(2)7-14(6)19(18)16(17)15-12(4)8-11(3)9-13(15)5/h8-10,14H,7H2,1-6H3. The maximum atomic E-state index is 12.4. The van der Waals surface area contributed by atoms with E-state index in [1.165, 1.54) is 0 Å². The van der Waals surface area contributed by atoms with Crippen LogP contribution in [0.4, 0.5) is 0 Å². The molecule has 0 saturated carbocycles. The molecule has 0 fully saturated rings. The average molecular weight is 279 g/mol. The smallest absolute Gasteiger partial charge is 0.242 e. The van der Waals surface area contributed by atoms with Gasteiger partial charge in [-0.25, -0.2) is 0 Å². The molecule has 1 aromatic carbocycles. The number of hydrogen-bond acceptors (Lipinski definition) is 2. The summed E-state index contributed by atoms with van der Waals surface area (Å²) >= 11 is 0. The van der Waals surface area contributed by atoms with Crippen LogP contribution in [0.1, 0.15) is 54.2 Å². The summed E-state index contributed by atoms with van der Waals surface area (Å²) in [4.78, 5) is 12.4. The third-order valence-electron chi connectivity index (χ3n) is 3.30. The molecule has 0 heterocycles. The maximum Gasteiger partial charge on any atom is 0.242 e. The quantitative estimate of drug-likeness (QED) is 0.710. The summed E-state index contributed by atoms with van der Waals surface area (Å²) in [5.41, 5.74) is 3.42. The van der Waals surface area contributed by atoms with Gasteiger partial charge in [0.15, 0.2) is 0 Å². The van der Waals surface area contributed by atoms with Crippen LogP contribution < -0.4 is 0 Å². The summed E-state index contributed by atoms with van der Waals surface area (Å²) in [7, 11) is -1.84. The summed E-state index contributed by atoms with van der Waals surface area (Å²) < 4.78 is 12.4. The average Bonchev–Trinajstić information content (AvgIpc) is 2.25. The molecule has 0 spiro atoms. The Morgan fingerprint density at radius 3 is 2.00 bits per heavy atom. The van der Waals surface area contributed by atoms with Crippen LogP contribution in [0.2, 0.25) is 0 Å². The molecule has 2 atom stereocenters. The Morgan fingerprint density at radius 1 is 1.11 bits per heavy atom. The van der Waals surface area contributed by atoms with Crippen molar-refractivity contribution in [1.29, 1.82) is 0 Å². The first-order chi connectivity index (χ1) is 8.73. The zero-order valence-electron chi connectivity index (χ0n) is 12.8. The fourth-order valence-corrected chi connectivity index (χ4v) is 4.19. The van der Waals surface area contributed by atoms with Gasteiger partial charge in [0.25, 0.3) is 0 Å². The molecule has 0 aliphatic heterocycles. The first-order valence-corrected chi connectivity index (χ1v) is 8.15. The van der Waals surface area contributed by atoms with Crippen LogP contribution in [0.5, 0.6) is 0 Å². The van der Waals surface area contributed by atoms with E-state index in [0.717, 1.165) is 23.1 Å². The van der Waals surface area contributed by atoms with Gasteiger partial charge in [-0.05, 0) is 44.2 Å². The van der Waals surface area contributed by atoms with Crippen LogP contribution in [0.25, 0.3) is 0 Å². The fourth-order valence-electron chi connectivity index (χ4n) is 2.61. The maximum absolute atomic E-state index is 12.4. The highest BCUT2D eigenvalue weighted by Gasteiger charge is 2.25. The van der Waals surface area contributed by atoms with E-state index < -0.39 is 7.80 Å². The van der Waals surface area contributed by atoms with Crippen molar-refractivity contribution in [2.24, 2.45) is 5.92 Å². The largest absolute Gasteiger partial charge is 0.281 e. The number of benzene rings is 1. The van der Waals surface area contributed by atoms with Gasteiger partial charge in [0.2, 0.25) is 5.52 Å². The summed E-state index contributed by atoms with van der Waals surface area (Å²) in [6.45, 7) is 11.9. The normalized spacial score (nSPS) is 13.5. The molecule has 2 nitrogen and oxygen atoms in total. The van der Waals surface area contributed by atoms with E-state index in [9.17, 15) is 9.36 Å². The predicted octanol–water partition coefficient (Wildman–Crippen LogP) is 5.01. The molecule has 0 aromatic heterocycles. The highest BCUT2D eigenvalue weighted by molar-refractivity contribution is 7.65. The van der Waals surface area contributed by atoms with E-state index in [2.05, 4.69) is 13.8 Å². The molecule has 19 heavy (non-hydrogen) atoms. The molecule has 0 saturated heterocycles. The highest BCUT2D eigenvalue weighted by Crippen LogP contribution is 2.37. The minimum absolute atomic E-state index is 0.0531. The van der Waals surface area contributed by atoms with Gasteiger partial charge in [-0.15, -0.1) is 0 Å². The Kier molecular flexibility index (Phi) is 5.43. The second-order valence-corrected chi connectivity index (χ2v) is 7.82. The molecule has 2 unspecified atom stereocenters. The number of carbonyl (C=O) groups excluding carboxylic acids is 1. The van der Waals surface area contributed by atoms with Gasteiger partial charge in [0, 0.05) is 11.2 Å². The lowest BCUT2D eigenvalue weighted by Gasteiger charge is -2.15.